The molecule has 1 aliphatic carbocycles. The Hall–Kier alpha value is -4.41. The summed E-state index contributed by atoms with van der Waals surface area (Å²) >= 11 is 6.12. The van der Waals surface area contributed by atoms with Gasteiger partial charge in [0.2, 0.25) is 15.9 Å². The van der Waals surface area contributed by atoms with Gasteiger partial charge < -0.3 is 14.6 Å². The molecule has 0 radical (unpaired) electrons. The molecular formula is C37H38ClN3O6S. The average molecular weight is 688 g/mol. The number of allylic oxidation sites excluding steroid dienone is 1. The predicted octanol–water partition coefficient (Wildman–Crippen LogP) is 6.57. The molecular weight excluding hydrogens is 650 g/mol. The third kappa shape index (κ3) is 8.35. The Bertz CT molecular complexity index is 2030. The van der Waals surface area contributed by atoms with Crippen molar-refractivity contribution in [2.75, 3.05) is 17.5 Å². The monoisotopic (exact) mass is 687 g/mol. The molecule has 4 aromatic rings. The zero-order chi connectivity index (χ0) is 33.8. The molecule has 1 saturated carbocycles. The van der Waals surface area contributed by atoms with Gasteiger partial charge in [0, 0.05) is 36.3 Å². The molecule has 0 unspecified atom stereocenters. The lowest BCUT2D eigenvalue weighted by Crippen LogP contribution is -2.36. The molecule has 1 atom stereocenters. The molecule has 1 aromatic heterocycles. The van der Waals surface area contributed by atoms with E-state index in [9.17, 15) is 22.8 Å². The number of nitrogens with zero attached hydrogens (tertiary/aromatic N) is 1. The summed E-state index contributed by atoms with van der Waals surface area (Å²) in [5.74, 6) is -0.0401. The Balaban J connectivity index is 1.19. The molecule has 2 N–H and O–H groups in total. The van der Waals surface area contributed by atoms with E-state index in [1.165, 1.54) is 34.9 Å². The molecule has 0 spiro atoms. The maximum absolute atomic E-state index is 13.5. The van der Waals surface area contributed by atoms with Gasteiger partial charge in [-0.3, -0.25) is 19.1 Å². The van der Waals surface area contributed by atoms with E-state index in [1.807, 2.05) is 35.2 Å². The van der Waals surface area contributed by atoms with E-state index in [0.29, 0.717) is 30.3 Å². The molecule has 2 heterocycles. The molecule has 2 fully saturated rings. The van der Waals surface area contributed by atoms with Crippen LogP contribution in [0.15, 0.2) is 93.7 Å². The van der Waals surface area contributed by atoms with Crippen molar-refractivity contribution in [2.45, 2.75) is 63.5 Å². The topological polar surface area (TPSA) is 126 Å². The van der Waals surface area contributed by atoms with Crippen molar-refractivity contribution in [1.29, 1.82) is 0 Å². The van der Waals surface area contributed by atoms with Crippen LogP contribution >= 0.6 is 11.6 Å². The Morgan fingerprint density at radius 2 is 1.77 bits per heavy atom. The standard InChI is InChI=1S/C37H38ClN3O6S/c1-48(45,46)40-29-16-17-34-32(21-29)33(42)22-35(47-34)37(44)39-30(20-25-10-14-28(38)15-11-25)19-24-8-12-26(13-9-24)31-6-3-2-5-27(31)23-41-18-4-7-36(41)43/h2-3,5-6,10-11,14-17,19,21-22,26,30,40H,4,7-9,12-13,18,20,23H2,1H3,(H,39,44)/t26?,30-/m0/s1. The quantitative estimate of drug-likeness (QED) is 0.182. The first-order valence-electron chi connectivity index (χ1n) is 16.2. The number of fused-ring (bicyclic) bond motifs is 1. The van der Waals surface area contributed by atoms with Crippen LogP contribution in [0.5, 0.6) is 0 Å². The largest absolute Gasteiger partial charge is 0.451 e. The van der Waals surface area contributed by atoms with Gasteiger partial charge in [-0.1, -0.05) is 59.6 Å². The predicted molar refractivity (Wildman–Crippen MR) is 188 cm³/mol. The van der Waals surface area contributed by atoms with E-state index in [0.717, 1.165) is 56.5 Å². The molecule has 2 aliphatic rings. The summed E-state index contributed by atoms with van der Waals surface area (Å²) in [6.07, 6.45) is 8.90. The Morgan fingerprint density at radius 1 is 1.02 bits per heavy atom. The van der Waals surface area contributed by atoms with E-state index < -0.39 is 21.4 Å². The summed E-state index contributed by atoms with van der Waals surface area (Å²) in [6, 6.07) is 21.0. The number of likely N-dealkylation sites (tertiary alicyclic amines) is 1. The number of benzene rings is 3. The fourth-order valence-electron chi connectivity index (χ4n) is 6.72. The van der Waals surface area contributed by atoms with Crippen LogP contribution in [-0.2, 0) is 27.8 Å². The zero-order valence-electron chi connectivity index (χ0n) is 26.7. The molecule has 3 aromatic carbocycles. The van der Waals surface area contributed by atoms with Gasteiger partial charge in [-0.25, -0.2) is 8.42 Å². The van der Waals surface area contributed by atoms with Crippen molar-refractivity contribution in [2.24, 2.45) is 0 Å². The van der Waals surface area contributed by atoms with Crippen molar-refractivity contribution in [3.63, 3.8) is 0 Å². The SMILES string of the molecule is CS(=O)(=O)Nc1ccc2oc(C(=O)N[C@@H](C=C3CCC(c4ccccc4CN4CCCC4=O)CC3)Cc3ccc(Cl)cc3)cc(=O)c2c1. The van der Waals surface area contributed by atoms with Crippen LogP contribution in [0.25, 0.3) is 11.0 Å². The summed E-state index contributed by atoms with van der Waals surface area (Å²) in [6.45, 7) is 1.48. The second-order valence-corrected chi connectivity index (χ2v) is 14.9. The van der Waals surface area contributed by atoms with Gasteiger partial charge in [-0.2, -0.15) is 0 Å². The molecule has 1 saturated heterocycles. The normalized spacial score (nSPS) is 17.4. The van der Waals surface area contributed by atoms with Gasteiger partial charge in [-0.15, -0.1) is 0 Å². The summed E-state index contributed by atoms with van der Waals surface area (Å²) in [4.78, 5) is 40.7. The molecule has 2 amide bonds. The van der Waals surface area contributed by atoms with Crippen LogP contribution in [0.2, 0.25) is 5.02 Å². The minimum absolute atomic E-state index is 0.132. The van der Waals surface area contributed by atoms with Gasteiger partial charge in [0.25, 0.3) is 5.91 Å². The number of hydrogen-bond acceptors (Lipinski definition) is 6. The molecule has 6 rings (SSSR count). The first-order valence-corrected chi connectivity index (χ1v) is 18.4. The number of carbonyl (C=O) groups excluding carboxylic acids is 2. The molecule has 9 nitrogen and oxygen atoms in total. The van der Waals surface area contributed by atoms with Crippen LogP contribution < -0.4 is 15.5 Å². The Labute approximate surface area is 285 Å². The average Bonchev–Trinajstić information content (AvgIpc) is 3.46. The van der Waals surface area contributed by atoms with Crippen molar-refractivity contribution >= 4 is 50.1 Å². The fourth-order valence-corrected chi connectivity index (χ4v) is 7.40. The van der Waals surface area contributed by atoms with E-state index in [4.69, 9.17) is 16.0 Å². The Kier molecular flexibility index (Phi) is 10.0. The highest BCUT2D eigenvalue weighted by Crippen LogP contribution is 2.38. The van der Waals surface area contributed by atoms with E-state index in [-0.39, 0.29) is 34.4 Å². The fraction of sp³-hybridized carbons (Fsp3) is 0.324. The highest BCUT2D eigenvalue weighted by Gasteiger charge is 2.25. The summed E-state index contributed by atoms with van der Waals surface area (Å²) < 4.78 is 31.4. The maximum Gasteiger partial charge on any atom is 0.287 e. The second kappa shape index (κ2) is 14.4. The maximum atomic E-state index is 13.5. The molecule has 250 valence electrons. The lowest BCUT2D eigenvalue weighted by Gasteiger charge is -2.28. The van der Waals surface area contributed by atoms with E-state index >= 15 is 0 Å². The first kappa shape index (κ1) is 33.5. The first-order chi connectivity index (χ1) is 23.0. The Morgan fingerprint density at radius 3 is 2.48 bits per heavy atom. The lowest BCUT2D eigenvalue weighted by atomic mass is 9.79. The molecule has 48 heavy (non-hydrogen) atoms. The highest BCUT2D eigenvalue weighted by atomic mass is 35.5. The van der Waals surface area contributed by atoms with Gasteiger partial charge >= 0.3 is 0 Å². The van der Waals surface area contributed by atoms with Gasteiger partial charge in [0.05, 0.1) is 17.7 Å². The number of hydrogen-bond donors (Lipinski definition) is 2. The minimum atomic E-state index is -3.53. The summed E-state index contributed by atoms with van der Waals surface area (Å²) in [5, 5.41) is 3.85. The van der Waals surface area contributed by atoms with Crippen LogP contribution in [0.4, 0.5) is 5.69 Å². The van der Waals surface area contributed by atoms with Crippen LogP contribution in [-0.4, -0.2) is 44.0 Å². The van der Waals surface area contributed by atoms with Gasteiger partial charge in [0.1, 0.15) is 5.58 Å². The molecule has 1 aliphatic heterocycles. The summed E-state index contributed by atoms with van der Waals surface area (Å²) in [7, 11) is -3.53. The number of rotatable bonds is 10. The number of sulfonamides is 1. The van der Waals surface area contributed by atoms with Crippen molar-refractivity contribution in [3.05, 3.63) is 122 Å². The number of carbonyl (C=O) groups is 2. The number of nitrogens with one attached hydrogen (secondary N) is 2. The minimum Gasteiger partial charge on any atom is -0.451 e. The highest BCUT2D eigenvalue weighted by molar-refractivity contribution is 7.92. The van der Waals surface area contributed by atoms with Crippen LogP contribution in [0.1, 0.15) is 71.7 Å². The second-order valence-electron chi connectivity index (χ2n) is 12.7. The van der Waals surface area contributed by atoms with Crippen LogP contribution in [0.3, 0.4) is 0 Å². The number of anilines is 1. The summed E-state index contributed by atoms with van der Waals surface area (Å²) in [5.41, 5.74) is 4.72. The van der Waals surface area contributed by atoms with Crippen molar-refractivity contribution < 1.29 is 22.4 Å². The lowest BCUT2D eigenvalue weighted by molar-refractivity contribution is -0.128. The zero-order valence-corrected chi connectivity index (χ0v) is 28.3. The smallest absolute Gasteiger partial charge is 0.287 e. The van der Waals surface area contributed by atoms with Crippen LogP contribution in [0, 0.1) is 0 Å². The van der Waals surface area contributed by atoms with E-state index in [1.54, 1.807) is 0 Å². The molecule has 11 heteroatoms. The van der Waals surface area contributed by atoms with Crippen molar-refractivity contribution in [3.8, 4) is 0 Å². The van der Waals surface area contributed by atoms with E-state index in [2.05, 4.69) is 34.3 Å². The molecule has 0 bridgehead atoms. The number of halogens is 1. The van der Waals surface area contributed by atoms with Crippen molar-refractivity contribution in [1.82, 2.24) is 10.2 Å². The number of amides is 2. The van der Waals surface area contributed by atoms with Gasteiger partial charge in [0.15, 0.2) is 11.2 Å². The third-order valence-electron chi connectivity index (χ3n) is 9.03. The van der Waals surface area contributed by atoms with Gasteiger partial charge in [-0.05, 0) is 91.5 Å². The third-order valence-corrected chi connectivity index (χ3v) is 9.89.